The number of hydrogen-bond acceptors (Lipinski definition) is 5. The summed E-state index contributed by atoms with van der Waals surface area (Å²) in [5.74, 6) is 0. The minimum atomic E-state index is -3.72. The summed E-state index contributed by atoms with van der Waals surface area (Å²) in [5, 5.41) is 15.0. The molecular weight excluding hydrogens is 286 g/mol. The number of aromatic amines is 1. The molecule has 0 radical (unpaired) electrons. The fourth-order valence-corrected chi connectivity index (χ4v) is 3.98. The van der Waals surface area contributed by atoms with Crippen LogP contribution in [-0.2, 0) is 16.6 Å². The highest BCUT2D eigenvalue weighted by Gasteiger charge is 2.23. The van der Waals surface area contributed by atoms with Crippen molar-refractivity contribution in [3.05, 3.63) is 33.6 Å². The van der Waals surface area contributed by atoms with Crippen molar-refractivity contribution in [2.45, 2.75) is 31.5 Å². The van der Waals surface area contributed by atoms with E-state index in [0.717, 1.165) is 9.75 Å². The molecule has 2 heterocycles. The van der Waals surface area contributed by atoms with Gasteiger partial charge in [-0.25, -0.2) is 13.1 Å². The first-order chi connectivity index (χ1) is 8.94. The van der Waals surface area contributed by atoms with Gasteiger partial charge in [0.2, 0.25) is 0 Å². The summed E-state index contributed by atoms with van der Waals surface area (Å²) in [6, 6.07) is 3.51. The van der Waals surface area contributed by atoms with Gasteiger partial charge in [-0.05, 0) is 26.0 Å². The normalized spacial score (nSPS) is 13.6. The molecule has 8 heteroatoms. The zero-order valence-electron chi connectivity index (χ0n) is 10.5. The Morgan fingerprint density at radius 3 is 2.84 bits per heavy atom. The van der Waals surface area contributed by atoms with Gasteiger partial charge in [0, 0.05) is 15.3 Å². The van der Waals surface area contributed by atoms with Gasteiger partial charge >= 0.3 is 0 Å². The molecule has 2 aromatic heterocycles. The van der Waals surface area contributed by atoms with Crippen LogP contribution in [0.25, 0.3) is 0 Å². The molecule has 6 nitrogen and oxygen atoms in total. The van der Waals surface area contributed by atoms with Crippen LogP contribution in [-0.4, -0.2) is 23.7 Å². The van der Waals surface area contributed by atoms with Crippen LogP contribution < -0.4 is 4.72 Å². The maximum absolute atomic E-state index is 12.2. The van der Waals surface area contributed by atoms with Crippen molar-refractivity contribution in [3.63, 3.8) is 0 Å². The van der Waals surface area contributed by atoms with Gasteiger partial charge in [0.15, 0.2) is 5.03 Å². The Balaban J connectivity index is 2.22. The van der Waals surface area contributed by atoms with E-state index in [9.17, 15) is 8.42 Å². The minimum absolute atomic E-state index is 0.0878. The first kappa shape index (κ1) is 14.2. The van der Waals surface area contributed by atoms with Crippen LogP contribution >= 0.6 is 11.3 Å². The van der Waals surface area contributed by atoms with Crippen LogP contribution in [0.5, 0.6) is 0 Å². The smallest absolute Gasteiger partial charge is 0.258 e. The van der Waals surface area contributed by atoms with E-state index in [4.69, 9.17) is 5.11 Å². The number of aryl methyl sites for hydroxylation is 1. The van der Waals surface area contributed by atoms with Crippen molar-refractivity contribution in [2.75, 3.05) is 0 Å². The van der Waals surface area contributed by atoms with Gasteiger partial charge in [0.1, 0.15) is 0 Å². The molecule has 2 rings (SSSR count). The lowest BCUT2D eigenvalue weighted by atomic mass is 10.3. The Hall–Kier alpha value is -1.22. The predicted octanol–water partition coefficient (Wildman–Crippen LogP) is 1.31. The van der Waals surface area contributed by atoms with E-state index in [1.165, 1.54) is 6.20 Å². The molecule has 19 heavy (non-hydrogen) atoms. The Morgan fingerprint density at radius 2 is 2.26 bits per heavy atom. The van der Waals surface area contributed by atoms with Crippen molar-refractivity contribution in [1.82, 2.24) is 14.9 Å². The lowest BCUT2D eigenvalue weighted by Crippen LogP contribution is -2.27. The Bertz CT molecular complexity index is 660. The molecule has 0 spiro atoms. The van der Waals surface area contributed by atoms with Crippen molar-refractivity contribution >= 4 is 21.4 Å². The number of sulfonamides is 1. The summed E-state index contributed by atoms with van der Waals surface area (Å²) in [7, 11) is -3.72. The van der Waals surface area contributed by atoms with Gasteiger partial charge in [-0.15, -0.1) is 11.3 Å². The van der Waals surface area contributed by atoms with Crippen LogP contribution in [0.4, 0.5) is 0 Å². The number of nitrogens with one attached hydrogen (secondary N) is 2. The van der Waals surface area contributed by atoms with Crippen LogP contribution in [0.2, 0.25) is 0 Å². The first-order valence-corrected chi connectivity index (χ1v) is 7.96. The molecule has 0 amide bonds. The SMILES string of the molecule is Cc1ccc(C(C)NS(=O)(=O)c2[nH]ncc2CO)s1. The molecule has 0 aliphatic carbocycles. The van der Waals surface area contributed by atoms with Crippen LogP contribution in [0.15, 0.2) is 23.4 Å². The number of aliphatic hydroxyl groups excluding tert-OH is 1. The zero-order chi connectivity index (χ0) is 14.0. The molecule has 0 saturated heterocycles. The topological polar surface area (TPSA) is 95.1 Å². The molecule has 0 aliphatic heterocycles. The van der Waals surface area contributed by atoms with E-state index in [-0.39, 0.29) is 23.2 Å². The Labute approximate surface area is 115 Å². The van der Waals surface area contributed by atoms with Gasteiger partial charge in [-0.3, -0.25) is 5.10 Å². The molecule has 0 aromatic carbocycles. The quantitative estimate of drug-likeness (QED) is 0.776. The number of rotatable bonds is 5. The van der Waals surface area contributed by atoms with Crippen molar-refractivity contribution in [2.24, 2.45) is 0 Å². The van der Waals surface area contributed by atoms with Gasteiger partial charge in [0.25, 0.3) is 10.0 Å². The standard InChI is InChI=1S/C11H15N3O3S2/c1-7-3-4-10(18-7)8(2)14-19(16,17)11-9(6-15)5-12-13-11/h3-5,8,14-15H,6H2,1-2H3,(H,12,13). The summed E-state index contributed by atoms with van der Waals surface area (Å²) in [4.78, 5) is 2.06. The number of hydrogen-bond donors (Lipinski definition) is 3. The van der Waals surface area contributed by atoms with Gasteiger partial charge in [-0.1, -0.05) is 0 Å². The molecule has 0 saturated carbocycles. The summed E-state index contributed by atoms with van der Waals surface area (Å²) < 4.78 is 26.9. The average molecular weight is 301 g/mol. The Kier molecular flexibility index (Phi) is 4.04. The van der Waals surface area contributed by atoms with E-state index in [0.29, 0.717) is 0 Å². The third kappa shape index (κ3) is 3.03. The Morgan fingerprint density at radius 1 is 1.53 bits per heavy atom. The second kappa shape index (κ2) is 5.41. The third-order valence-corrected chi connectivity index (χ3v) is 5.38. The number of aromatic nitrogens is 2. The molecule has 2 aromatic rings. The summed E-state index contributed by atoms with van der Waals surface area (Å²) >= 11 is 1.54. The number of H-pyrrole nitrogens is 1. The third-order valence-electron chi connectivity index (χ3n) is 2.64. The summed E-state index contributed by atoms with van der Waals surface area (Å²) in [5.41, 5.74) is 0.252. The molecule has 1 unspecified atom stereocenters. The maximum Gasteiger partial charge on any atom is 0.258 e. The van der Waals surface area contributed by atoms with E-state index in [1.54, 1.807) is 18.3 Å². The molecule has 1 atom stereocenters. The monoisotopic (exact) mass is 301 g/mol. The second-order valence-corrected chi connectivity index (χ2v) is 7.14. The van der Waals surface area contributed by atoms with Gasteiger partial charge in [0.05, 0.1) is 18.8 Å². The van der Waals surface area contributed by atoms with Crippen molar-refractivity contribution in [3.8, 4) is 0 Å². The molecule has 0 bridgehead atoms. The van der Waals surface area contributed by atoms with E-state index in [1.807, 2.05) is 19.1 Å². The fraction of sp³-hybridized carbons (Fsp3) is 0.364. The van der Waals surface area contributed by atoms with Crippen molar-refractivity contribution < 1.29 is 13.5 Å². The number of aliphatic hydroxyl groups is 1. The summed E-state index contributed by atoms with van der Waals surface area (Å²) in [6.07, 6.45) is 1.30. The van der Waals surface area contributed by atoms with Gasteiger partial charge in [-0.2, -0.15) is 5.10 Å². The highest BCUT2D eigenvalue weighted by atomic mass is 32.2. The molecule has 0 aliphatic rings. The predicted molar refractivity (Wildman–Crippen MR) is 72.3 cm³/mol. The van der Waals surface area contributed by atoms with Gasteiger partial charge < -0.3 is 5.11 Å². The largest absolute Gasteiger partial charge is 0.392 e. The molecule has 104 valence electrons. The maximum atomic E-state index is 12.2. The first-order valence-electron chi connectivity index (χ1n) is 5.66. The fourth-order valence-electron chi connectivity index (χ4n) is 1.68. The molecule has 0 fully saturated rings. The average Bonchev–Trinajstić information content (AvgIpc) is 2.96. The minimum Gasteiger partial charge on any atom is -0.392 e. The van der Waals surface area contributed by atoms with E-state index >= 15 is 0 Å². The number of thiophene rings is 1. The lowest BCUT2D eigenvalue weighted by Gasteiger charge is -2.12. The summed E-state index contributed by atoms with van der Waals surface area (Å²) in [6.45, 7) is 3.37. The van der Waals surface area contributed by atoms with Crippen molar-refractivity contribution in [1.29, 1.82) is 0 Å². The van der Waals surface area contributed by atoms with Crippen LogP contribution in [0.3, 0.4) is 0 Å². The zero-order valence-corrected chi connectivity index (χ0v) is 12.2. The highest BCUT2D eigenvalue weighted by molar-refractivity contribution is 7.89. The highest BCUT2D eigenvalue weighted by Crippen LogP contribution is 2.24. The lowest BCUT2D eigenvalue weighted by molar-refractivity contribution is 0.278. The van der Waals surface area contributed by atoms with Crippen LogP contribution in [0.1, 0.15) is 28.3 Å². The molecule has 3 N–H and O–H groups in total. The molecular formula is C11H15N3O3S2. The van der Waals surface area contributed by atoms with E-state index < -0.39 is 10.0 Å². The second-order valence-electron chi connectivity index (χ2n) is 4.17. The van der Waals surface area contributed by atoms with E-state index in [2.05, 4.69) is 14.9 Å². The van der Waals surface area contributed by atoms with Crippen LogP contribution in [0, 0.1) is 6.92 Å². The number of nitrogens with zero attached hydrogens (tertiary/aromatic N) is 1.